The normalized spacial score (nSPS) is 21.2. The molecule has 2 N–H and O–H groups in total. The molecule has 9 nitrogen and oxygen atoms in total. The number of hydrogen-bond acceptors (Lipinski definition) is 6. The van der Waals surface area contributed by atoms with E-state index < -0.39 is 29.7 Å². The summed E-state index contributed by atoms with van der Waals surface area (Å²) in [6, 6.07) is 4.27. The van der Waals surface area contributed by atoms with Gasteiger partial charge in [0.15, 0.2) is 0 Å². The molecule has 0 bridgehead atoms. The van der Waals surface area contributed by atoms with Crippen LogP contribution in [0.1, 0.15) is 73.1 Å². The molecule has 2 fully saturated rings. The van der Waals surface area contributed by atoms with Crippen molar-refractivity contribution in [3.8, 4) is 0 Å². The van der Waals surface area contributed by atoms with Gasteiger partial charge in [-0.05, 0) is 56.2 Å². The van der Waals surface area contributed by atoms with Gasteiger partial charge in [-0.2, -0.15) is 0 Å². The van der Waals surface area contributed by atoms with Gasteiger partial charge in [-0.15, -0.1) is 0 Å². The van der Waals surface area contributed by atoms with E-state index in [2.05, 4.69) is 15.5 Å². The molecule has 2 saturated heterocycles. The molecule has 9 heteroatoms. The highest BCUT2D eigenvalue weighted by atomic mass is 16.2. The number of nitrogens with one attached hydrogen (secondary N) is 2. The highest BCUT2D eigenvalue weighted by Gasteiger charge is 2.44. The van der Waals surface area contributed by atoms with E-state index in [1.54, 1.807) is 12.1 Å². The monoisotopic (exact) mass is 468 g/mol. The summed E-state index contributed by atoms with van der Waals surface area (Å²) in [5.74, 6) is -1.36. The molecule has 34 heavy (non-hydrogen) atoms. The first-order valence-electron chi connectivity index (χ1n) is 12.2. The topological polar surface area (TPSA) is 116 Å². The molecule has 0 radical (unpaired) electrons. The Labute approximate surface area is 199 Å². The van der Waals surface area contributed by atoms with Crippen LogP contribution in [0.25, 0.3) is 0 Å². The molecular formula is C25H32N4O5. The minimum absolute atomic E-state index is 0.0755. The van der Waals surface area contributed by atoms with Gasteiger partial charge in [-0.25, -0.2) is 0 Å². The minimum Gasteiger partial charge on any atom is -0.371 e. The van der Waals surface area contributed by atoms with E-state index in [1.807, 2.05) is 19.9 Å². The van der Waals surface area contributed by atoms with Crippen molar-refractivity contribution < 1.29 is 24.0 Å². The summed E-state index contributed by atoms with van der Waals surface area (Å²) in [4.78, 5) is 65.0. The second-order valence-corrected chi connectivity index (χ2v) is 9.37. The maximum atomic E-state index is 13.1. The van der Waals surface area contributed by atoms with Gasteiger partial charge in [0.25, 0.3) is 11.8 Å². The molecule has 0 aromatic heterocycles. The lowest BCUT2D eigenvalue weighted by Gasteiger charge is -2.34. The summed E-state index contributed by atoms with van der Waals surface area (Å²) in [6.07, 6.45) is 3.79. The van der Waals surface area contributed by atoms with E-state index in [0.29, 0.717) is 18.0 Å². The van der Waals surface area contributed by atoms with Crippen LogP contribution >= 0.6 is 0 Å². The van der Waals surface area contributed by atoms with Crippen LogP contribution in [-0.2, 0) is 14.4 Å². The molecular weight excluding hydrogens is 436 g/mol. The number of amides is 5. The number of carbonyl (C=O) groups is 5. The third-order valence-corrected chi connectivity index (χ3v) is 7.32. The van der Waals surface area contributed by atoms with Crippen LogP contribution in [0.15, 0.2) is 18.2 Å². The van der Waals surface area contributed by atoms with Crippen molar-refractivity contribution in [2.45, 2.75) is 58.4 Å². The molecule has 3 aliphatic heterocycles. The number of rotatable bonds is 7. The lowest BCUT2D eigenvalue weighted by molar-refractivity contribution is -0.136. The Hall–Kier alpha value is -3.23. The average Bonchev–Trinajstić information content (AvgIpc) is 3.08. The average molecular weight is 469 g/mol. The molecule has 182 valence electrons. The van der Waals surface area contributed by atoms with Gasteiger partial charge in [-0.1, -0.05) is 13.8 Å². The Morgan fingerprint density at radius 2 is 1.71 bits per heavy atom. The number of imide groups is 2. The third kappa shape index (κ3) is 4.56. The Bertz CT molecular complexity index is 1010. The van der Waals surface area contributed by atoms with E-state index in [1.165, 1.54) is 0 Å². The molecule has 1 aromatic carbocycles. The zero-order valence-electron chi connectivity index (χ0n) is 19.8. The van der Waals surface area contributed by atoms with Gasteiger partial charge in [-0.3, -0.25) is 34.2 Å². The fourth-order valence-electron chi connectivity index (χ4n) is 5.10. The van der Waals surface area contributed by atoms with Gasteiger partial charge in [0.2, 0.25) is 17.7 Å². The van der Waals surface area contributed by atoms with Crippen molar-refractivity contribution in [2.75, 3.05) is 24.5 Å². The fraction of sp³-hybridized carbons (Fsp3) is 0.560. The van der Waals surface area contributed by atoms with E-state index in [9.17, 15) is 24.0 Å². The Kier molecular flexibility index (Phi) is 7.00. The largest absolute Gasteiger partial charge is 0.371 e. The van der Waals surface area contributed by atoms with Crippen LogP contribution in [-0.4, -0.2) is 60.1 Å². The molecule has 3 heterocycles. The van der Waals surface area contributed by atoms with Crippen molar-refractivity contribution in [3.63, 3.8) is 0 Å². The number of benzene rings is 1. The van der Waals surface area contributed by atoms with E-state index >= 15 is 0 Å². The van der Waals surface area contributed by atoms with E-state index in [4.69, 9.17) is 0 Å². The molecule has 1 atom stereocenters. The standard InChI is InChI=1S/C25H32N4O5/c1-3-16(4-2)22(31)26-14-15-9-11-28(12-10-15)17-5-6-18-19(13-17)25(34)29(24(18)33)20-7-8-21(30)27-23(20)32/h5-6,13,15-16,20H,3-4,7-12,14H2,1-2H3,(H,26,31)(H,27,30,32). The maximum Gasteiger partial charge on any atom is 0.262 e. The lowest BCUT2D eigenvalue weighted by Crippen LogP contribution is -2.54. The van der Waals surface area contributed by atoms with Gasteiger partial charge in [0.05, 0.1) is 11.1 Å². The predicted octanol–water partition coefficient (Wildman–Crippen LogP) is 1.86. The molecule has 4 rings (SSSR count). The van der Waals surface area contributed by atoms with Crippen LogP contribution in [0.5, 0.6) is 0 Å². The molecule has 0 aliphatic carbocycles. The molecule has 0 saturated carbocycles. The van der Waals surface area contributed by atoms with Crippen LogP contribution in [0.4, 0.5) is 5.69 Å². The number of nitrogens with zero attached hydrogens (tertiary/aromatic N) is 2. The second-order valence-electron chi connectivity index (χ2n) is 9.37. The Morgan fingerprint density at radius 1 is 1.03 bits per heavy atom. The SMILES string of the molecule is CCC(CC)C(=O)NCC1CCN(c2ccc3c(c2)C(=O)N(C2CCC(=O)NC2=O)C3=O)CC1. The first kappa shape index (κ1) is 23.9. The highest BCUT2D eigenvalue weighted by molar-refractivity contribution is 6.23. The summed E-state index contributed by atoms with van der Waals surface area (Å²) >= 11 is 0. The smallest absolute Gasteiger partial charge is 0.262 e. The van der Waals surface area contributed by atoms with Gasteiger partial charge in [0.1, 0.15) is 6.04 Å². The van der Waals surface area contributed by atoms with E-state index in [-0.39, 0.29) is 30.2 Å². The van der Waals surface area contributed by atoms with Gasteiger partial charge < -0.3 is 10.2 Å². The van der Waals surface area contributed by atoms with Crippen molar-refractivity contribution in [1.29, 1.82) is 0 Å². The predicted molar refractivity (Wildman–Crippen MR) is 125 cm³/mol. The summed E-state index contributed by atoms with van der Waals surface area (Å²) in [5, 5.41) is 5.31. The maximum absolute atomic E-state index is 13.1. The third-order valence-electron chi connectivity index (χ3n) is 7.32. The lowest BCUT2D eigenvalue weighted by atomic mass is 9.95. The first-order chi connectivity index (χ1) is 16.3. The zero-order chi connectivity index (χ0) is 24.4. The van der Waals surface area contributed by atoms with Crippen molar-refractivity contribution in [3.05, 3.63) is 29.3 Å². The number of carbonyl (C=O) groups excluding carboxylic acids is 5. The summed E-state index contributed by atoms with van der Waals surface area (Å²) < 4.78 is 0. The van der Waals surface area contributed by atoms with Crippen molar-refractivity contribution in [2.24, 2.45) is 11.8 Å². The Balaban J connectivity index is 1.38. The molecule has 1 unspecified atom stereocenters. The van der Waals surface area contributed by atoms with Crippen molar-refractivity contribution >= 4 is 35.2 Å². The first-order valence-corrected chi connectivity index (χ1v) is 12.2. The number of piperidine rings is 2. The molecule has 3 aliphatic rings. The second kappa shape index (κ2) is 9.95. The van der Waals surface area contributed by atoms with E-state index in [0.717, 1.165) is 49.4 Å². The summed E-state index contributed by atoms with van der Waals surface area (Å²) in [5.41, 5.74) is 1.45. The van der Waals surface area contributed by atoms with Crippen molar-refractivity contribution in [1.82, 2.24) is 15.5 Å². The number of hydrogen-bond donors (Lipinski definition) is 2. The minimum atomic E-state index is -0.959. The quantitative estimate of drug-likeness (QED) is 0.590. The molecule has 5 amide bonds. The highest BCUT2D eigenvalue weighted by Crippen LogP contribution is 2.32. The van der Waals surface area contributed by atoms with Crippen LogP contribution in [0.2, 0.25) is 0 Å². The van der Waals surface area contributed by atoms with Gasteiger partial charge in [0, 0.05) is 37.7 Å². The molecule has 1 aromatic rings. The summed E-state index contributed by atoms with van der Waals surface area (Å²) in [7, 11) is 0. The van der Waals surface area contributed by atoms with Crippen LogP contribution in [0, 0.1) is 11.8 Å². The number of fused-ring (bicyclic) bond motifs is 1. The fourth-order valence-corrected chi connectivity index (χ4v) is 5.10. The van der Waals surface area contributed by atoms with Crippen LogP contribution < -0.4 is 15.5 Å². The number of anilines is 1. The summed E-state index contributed by atoms with van der Waals surface area (Å²) in [6.45, 7) is 6.34. The zero-order valence-corrected chi connectivity index (χ0v) is 19.8. The van der Waals surface area contributed by atoms with Gasteiger partial charge >= 0.3 is 0 Å². The van der Waals surface area contributed by atoms with Crippen LogP contribution in [0.3, 0.4) is 0 Å². The molecule has 0 spiro atoms. The Morgan fingerprint density at radius 3 is 2.35 bits per heavy atom.